The summed E-state index contributed by atoms with van der Waals surface area (Å²) in [5.74, 6) is 2.36. The molecule has 0 fully saturated rings. The van der Waals surface area contributed by atoms with Crippen molar-refractivity contribution in [3.8, 4) is 34.4 Å². The summed E-state index contributed by atoms with van der Waals surface area (Å²) in [6.45, 7) is 0. The predicted molar refractivity (Wildman–Crippen MR) is 130 cm³/mol. The smallest absolute Gasteiger partial charge is 0.145 e. The number of ether oxygens (including phenoxy) is 2. The summed E-state index contributed by atoms with van der Waals surface area (Å²) < 4.78 is 26.9. The molecule has 0 spiro atoms. The molecule has 0 bridgehead atoms. The van der Waals surface area contributed by atoms with E-state index in [1.807, 2.05) is 78.9 Å². The van der Waals surface area contributed by atoms with E-state index in [0.717, 1.165) is 16.7 Å². The van der Waals surface area contributed by atoms with Crippen molar-refractivity contribution in [2.24, 2.45) is 0 Å². The minimum absolute atomic E-state index is 0.264. The fraction of sp³-hybridized carbons (Fsp3) is 0. The van der Waals surface area contributed by atoms with Gasteiger partial charge in [-0.15, -0.1) is 0 Å². The first kappa shape index (κ1) is 19.9. The van der Waals surface area contributed by atoms with E-state index in [1.54, 1.807) is 18.3 Å². The van der Waals surface area contributed by atoms with Crippen molar-refractivity contribution in [1.29, 1.82) is 0 Å². The van der Waals surface area contributed by atoms with E-state index >= 15 is 0 Å². The number of aromatic nitrogens is 3. The first-order chi connectivity index (χ1) is 16.7. The second kappa shape index (κ2) is 8.33. The van der Waals surface area contributed by atoms with Crippen LogP contribution in [0.1, 0.15) is 0 Å². The van der Waals surface area contributed by atoms with Crippen molar-refractivity contribution in [2.45, 2.75) is 0 Å². The van der Waals surface area contributed by atoms with E-state index < -0.39 is 5.82 Å². The largest absolute Gasteiger partial charge is 0.457 e. The molecule has 4 aromatic carbocycles. The van der Waals surface area contributed by atoms with Gasteiger partial charge in [0.2, 0.25) is 0 Å². The number of hydrogen-bond acceptors (Lipinski definition) is 4. The molecular formula is C28H18FN3O2. The van der Waals surface area contributed by atoms with Crippen LogP contribution in [0.5, 0.6) is 23.0 Å². The highest BCUT2D eigenvalue weighted by atomic mass is 19.1. The van der Waals surface area contributed by atoms with E-state index in [-0.39, 0.29) is 5.56 Å². The number of benzene rings is 4. The van der Waals surface area contributed by atoms with Gasteiger partial charge in [-0.05, 0) is 48.5 Å². The molecule has 2 heterocycles. The summed E-state index contributed by atoms with van der Waals surface area (Å²) >= 11 is 0. The zero-order valence-electron chi connectivity index (χ0n) is 17.9. The quantitative estimate of drug-likeness (QED) is 0.297. The number of imidazole rings is 1. The number of hydrogen-bond donors (Lipinski definition) is 1. The molecule has 0 saturated heterocycles. The standard InChI is InChI=1S/C28H18FN3O2/c29-22-12-7-13-25(34-19-10-5-2-6-11-19)26(22)28-31-24-17-30-23-16-20(14-15-21(23)27(24)32-28)33-18-8-3-1-4-9-18/h1-17H,(H,31,32). The maximum atomic E-state index is 15.0. The summed E-state index contributed by atoms with van der Waals surface area (Å²) in [6.07, 6.45) is 1.69. The van der Waals surface area contributed by atoms with E-state index in [0.29, 0.717) is 34.1 Å². The Morgan fingerprint density at radius 2 is 1.44 bits per heavy atom. The molecule has 0 aliphatic carbocycles. The molecule has 2 aromatic heterocycles. The van der Waals surface area contributed by atoms with Crippen LogP contribution in [-0.2, 0) is 0 Å². The third-order valence-corrected chi connectivity index (χ3v) is 5.45. The molecule has 0 unspecified atom stereocenters. The van der Waals surface area contributed by atoms with Gasteiger partial charge in [0, 0.05) is 11.5 Å². The summed E-state index contributed by atoms with van der Waals surface area (Å²) in [5.41, 5.74) is 2.39. The van der Waals surface area contributed by atoms with Gasteiger partial charge in [-0.1, -0.05) is 42.5 Å². The number of rotatable bonds is 5. The molecule has 5 nitrogen and oxygen atoms in total. The van der Waals surface area contributed by atoms with Gasteiger partial charge in [0.05, 0.1) is 28.3 Å². The zero-order chi connectivity index (χ0) is 22.9. The fourth-order valence-electron chi connectivity index (χ4n) is 3.88. The Balaban J connectivity index is 1.41. The lowest BCUT2D eigenvalue weighted by Gasteiger charge is -2.10. The Morgan fingerprint density at radius 1 is 0.706 bits per heavy atom. The minimum atomic E-state index is -0.428. The second-order valence-corrected chi connectivity index (χ2v) is 7.73. The van der Waals surface area contributed by atoms with Crippen LogP contribution in [0.2, 0.25) is 0 Å². The van der Waals surface area contributed by atoms with Gasteiger partial charge in [0.25, 0.3) is 0 Å². The van der Waals surface area contributed by atoms with E-state index in [4.69, 9.17) is 14.5 Å². The molecule has 6 rings (SSSR count). The Morgan fingerprint density at radius 3 is 2.21 bits per heavy atom. The summed E-state index contributed by atoms with van der Waals surface area (Å²) in [5, 5.41) is 0.835. The minimum Gasteiger partial charge on any atom is -0.457 e. The van der Waals surface area contributed by atoms with Crippen molar-refractivity contribution in [3.05, 3.63) is 109 Å². The molecule has 0 saturated carbocycles. The van der Waals surface area contributed by atoms with E-state index in [1.165, 1.54) is 6.07 Å². The van der Waals surface area contributed by atoms with Crippen LogP contribution in [0.25, 0.3) is 33.3 Å². The maximum absolute atomic E-state index is 15.0. The van der Waals surface area contributed by atoms with E-state index in [2.05, 4.69) is 9.97 Å². The SMILES string of the molecule is Fc1cccc(Oc2ccccc2)c1-c1nc2c(cnc3cc(Oc4ccccc4)ccc32)[nH]1. The molecule has 0 amide bonds. The van der Waals surface area contributed by atoms with Gasteiger partial charge in [-0.3, -0.25) is 4.98 Å². The maximum Gasteiger partial charge on any atom is 0.145 e. The molecule has 1 N–H and O–H groups in total. The highest BCUT2D eigenvalue weighted by molar-refractivity contribution is 6.03. The van der Waals surface area contributed by atoms with E-state index in [9.17, 15) is 4.39 Å². The lowest BCUT2D eigenvalue weighted by molar-refractivity contribution is 0.479. The number of H-pyrrole nitrogens is 1. The average molecular weight is 447 g/mol. The zero-order valence-corrected chi connectivity index (χ0v) is 17.9. The number of pyridine rings is 1. The molecule has 0 aliphatic rings. The lowest BCUT2D eigenvalue weighted by atomic mass is 10.1. The van der Waals surface area contributed by atoms with Gasteiger partial charge in [0.1, 0.15) is 34.6 Å². The molecule has 164 valence electrons. The normalized spacial score (nSPS) is 11.1. The van der Waals surface area contributed by atoms with Crippen molar-refractivity contribution >= 4 is 21.9 Å². The third kappa shape index (κ3) is 3.71. The van der Waals surface area contributed by atoms with Crippen LogP contribution in [0.3, 0.4) is 0 Å². The summed E-state index contributed by atoms with van der Waals surface area (Å²) in [4.78, 5) is 12.5. The van der Waals surface area contributed by atoms with Gasteiger partial charge < -0.3 is 14.5 Å². The third-order valence-electron chi connectivity index (χ3n) is 5.45. The van der Waals surface area contributed by atoms with Gasteiger partial charge in [0.15, 0.2) is 0 Å². The Labute approximate surface area is 194 Å². The first-order valence-corrected chi connectivity index (χ1v) is 10.8. The van der Waals surface area contributed by atoms with Crippen molar-refractivity contribution < 1.29 is 13.9 Å². The second-order valence-electron chi connectivity index (χ2n) is 7.73. The molecule has 6 aromatic rings. The van der Waals surface area contributed by atoms with Gasteiger partial charge in [-0.25, -0.2) is 9.37 Å². The van der Waals surface area contributed by atoms with Crippen LogP contribution in [0.15, 0.2) is 103 Å². The Bertz CT molecular complexity index is 1620. The van der Waals surface area contributed by atoms with Crippen LogP contribution in [0.4, 0.5) is 4.39 Å². The van der Waals surface area contributed by atoms with Crippen LogP contribution in [0, 0.1) is 5.82 Å². The number of fused-ring (bicyclic) bond motifs is 3. The number of nitrogens with zero attached hydrogens (tertiary/aromatic N) is 2. The Kier molecular flexibility index (Phi) is 4.88. The number of halogens is 1. The molecule has 0 atom stereocenters. The topological polar surface area (TPSA) is 60.0 Å². The Hall–Kier alpha value is -4.71. The number of aromatic amines is 1. The first-order valence-electron chi connectivity index (χ1n) is 10.8. The number of nitrogens with one attached hydrogen (secondary N) is 1. The predicted octanol–water partition coefficient (Wildman–Crippen LogP) is 7.50. The van der Waals surface area contributed by atoms with Crippen molar-refractivity contribution in [2.75, 3.05) is 0 Å². The molecule has 0 aliphatic heterocycles. The average Bonchev–Trinajstić information content (AvgIpc) is 3.29. The van der Waals surface area contributed by atoms with Crippen LogP contribution < -0.4 is 9.47 Å². The molecule has 6 heteroatoms. The molecular weight excluding hydrogens is 429 g/mol. The van der Waals surface area contributed by atoms with Crippen LogP contribution in [-0.4, -0.2) is 15.0 Å². The molecule has 0 radical (unpaired) electrons. The lowest BCUT2D eigenvalue weighted by Crippen LogP contribution is -1.93. The summed E-state index contributed by atoms with van der Waals surface area (Å²) in [6, 6.07) is 29.2. The van der Waals surface area contributed by atoms with Crippen LogP contribution >= 0.6 is 0 Å². The van der Waals surface area contributed by atoms with Gasteiger partial charge in [-0.2, -0.15) is 0 Å². The summed E-state index contributed by atoms with van der Waals surface area (Å²) in [7, 11) is 0. The van der Waals surface area contributed by atoms with Gasteiger partial charge >= 0.3 is 0 Å². The monoisotopic (exact) mass is 447 g/mol. The highest BCUT2D eigenvalue weighted by Gasteiger charge is 2.18. The fourth-order valence-corrected chi connectivity index (χ4v) is 3.88. The molecule has 34 heavy (non-hydrogen) atoms. The van der Waals surface area contributed by atoms with Crippen molar-refractivity contribution in [3.63, 3.8) is 0 Å². The number of para-hydroxylation sites is 2. The highest BCUT2D eigenvalue weighted by Crippen LogP contribution is 2.36. The van der Waals surface area contributed by atoms with Crippen molar-refractivity contribution in [1.82, 2.24) is 15.0 Å².